The van der Waals surface area contributed by atoms with Crippen LogP contribution in [-0.2, 0) is 38.0 Å². The molecule has 5 N–H and O–H groups in total. The SMILES string of the molecule is CC#CCN(C)[C@H]1C[C@@H](C)O[C@@H](O[C@@H]2[C@@H](C)[C@H](O[C@H]3C[C@@](C)(OC)[C@@H](O)[C@H](C)O3)[C@@H](C)C(=O)O[C@H](CC)[C@@](C)(O)[C@H](O)[C@@H](C)C(=O)[C@H](C)C[C@@]2(C)O)[C@@H]1O. The number of carbonyl (C=O) groups excluding carboxylic acids is 2. The third kappa shape index (κ3) is 10.2. The maximum absolute atomic E-state index is 14.1. The van der Waals surface area contributed by atoms with Crippen molar-refractivity contribution in [1.82, 2.24) is 4.90 Å². The van der Waals surface area contributed by atoms with Crippen LogP contribution in [0.5, 0.6) is 0 Å². The minimum Gasteiger partial charge on any atom is -0.459 e. The Morgan fingerprint density at radius 1 is 0.926 bits per heavy atom. The predicted molar refractivity (Wildman–Crippen MR) is 199 cm³/mol. The zero-order valence-corrected chi connectivity index (χ0v) is 34.6. The Kier molecular flexibility index (Phi) is 16.1. The molecule has 0 aromatic carbocycles. The number of aliphatic hydroxyl groups is 5. The molecule has 3 aliphatic heterocycles. The number of likely N-dealkylation sites (N-methyl/N-ethyl adjacent to an activating group) is 1. The number of rotatable bonds is 8. The van der Waals surface area contributed by atoms with Crippen molar-refractivity contribution in [2.24, 2.45) is 23.7 Å². The number of esters is 1. The Morgan fingerprint density at radius 2 is 1.56 bits per heavy atom. The summed E-state index contributed by atoms with van der Waals surface area (Å²) in [5.74, 6) is 0.835. The predicted octanol–water partition coefficient (Wildman–Crippen LogP) is 2.18. The summed E-state index contributed by atoms with van der Waals surface area (Å²) in [6.07, 6.45) is -10.0. The molecular weight excluding hydrogens is 702 g/mol. The third-order valence-electron chi connectivity index (χ3n) is 12.2. The van der Waals surface area contributed by atoms with Gasteiger partial charge in [0.2, 0.25) is 0 Å². The average Bonchev–Trinajstić information content (AvgIpc) is 3.11. The summed E-state index contributed by atoms with van der Waals surface area (Å²) in [6, 6.07) is -0.406. The van der Waals surface area contributed by atoms with Crippen LogP contribution >= 0.6 is 0 Å². The van der Waals surface area contributed by atoms with Gasteiger partial charge in [-0.3, -0.25) is 14.5 Å². The molecule has 18 atom stereocenters. The van der Waals surface area contributed by atoms with Crippen molar-refractivity contribution in [2.45, 2.75) is 186 Å². The number of ether oxygens (including phenoxy) is 6. The largest absolute Gasteiger partial charge is 0.459 e. The van der Waals surface area contributed by atoms with Gasteiger partial charge in [0.25, 0.3) is 0 Å². The fourth-order valence-electron chi connectivity index (χ4n) is 8.66. The van der Waals surface area contributed by atoms with Gasteiger partial charge in [0.1, 0.15) is 29.7 Å². The Labute approximate surface area is 322 Å². The Hall–Kier alpha value is -1.74. The highest BCUT2D eigenvalue weighted by Gasteiger charge is 2.53. The number of nitrogens with zero attached hydrogens (tertiary/aromatic N) is 1. The quantitative estimate of drug-likeness (QED) is 0.178. The van der Waals surface area contributed by atoms with E-state index < -0.39 is 114 Å². The molecule has 3 heterocycles. The van der Waals surface area contributed by atoms with E-state index in [1.807, 2.05) is 18.9 Å². The molecule has 0 bridgehead atoms. The van der Waals surface area contributed by atoms with Crippen molar-refractivity contribution in [1.29, 1.82) is 0 Å². The summed E-state index contributed by atoms with van der Waals surface area (Å²) in [6.45, 7) is 18.4. The lowest BCUT2D eigenvalue weighted by atomic mass is 9.74. The van der Waals surface area contributed by atoms with E-state index in [0.717, 1.165) is 0 Å². The second-order valence-electron chi connectivity index (χ2n) is 16.9. The van der Waals surface area contributed by atoms with E-state index in [2.05, 4.69) is 11.8 Å². The molecule has 14 nitrogen and oxygen atoms in total. The smallest absolute Gasteiger partial charge is 0.311 e. The van der Waals surface area contributed by atoms with Gasteiger partial charge in [-0.1, -0.05) is 33.6 Å². The molecule has 3 rings (SSSR count). The zero-order valence-electron chi connectivity index (χ0n) is 34.6. The first kappa shape index (κ1) is 46.6. The molecule has 14 heteroatoms. The summed E-state index contributed by atoms with van der Waals surface area (Å²) >= 11 is 0. The summed E-state index contributed by atoms with van der Waals surface area (Å²) in [5.41, 5.74) is -4.89. The lowest BCUT2D eigenvalue weighted by molar-refractivity contribution is -0.318. The highest BCUT2D eigenvalue weighted by Crippen LogP contribution is 2.40. The van der Waals surface area contributed by atoms with Crippen LogP contribution in [0, 0.1) is 35.5 Å². The van der Waals surface area contributed by atoms with Gasteiger partial charge in [-0.2, -0.15) is 0 Å². The summed E-state index contributed by atoms with van der Waals surface area (Å²) in [7, 11) is 3.33. The summed E-state index contributed by atoms with van der Waals surface area (Å²) in [4.78, 5) is 29.9. The van der Waals surface area contributed by atoms with Gasteiger partial charge in [0.15, 0.2) is 12.6 Å². The van der Waals surface area contributed by atoms with Crippen LogP contribution in [0.3, 0.4) is 0 Å². The fourth-order valence-corrected chi connectivity index (χ4v) is 8.66. The average molecular weight is 772 g/mol. The van der Waals surface area contributed by atoms with Crippen molar-refractivity contribution in [2.75, 3.05) is 20.7 Å². The number of Topliss-reactive ketones (excluding diaryl/α,β-unsaturated/α-hetero) is 1. The van der Waals surface area contributed by atoms with Crippen LogP contribution in [0.25, 0.3) is 0 Å². The molecule has 0 aliphatic carbocycles. The van der Waals surface area contributed by atoms with Crippen molar-refractivity contribution in [3.8, 4) is 11.8 Å². The van der Waals surface area contributed by atoms with Gasteiger partial charge in [0, 0.05) is 37.3 Å². The number of carbonyl (C=O) groups is 2. The minimum atomic E-state index is -2.00. The van der Waals surface area contributed by atoms with E-state index in [4.69, 9.17) is 28.4 Å². The molecule has 0 saturated carbocycles. The molecule has 3 aliphatic rings. The fraction of sp³-hybridized carbons (Fsp3) is 0.900. The number of methoxy groups -OCH3 is 1. The number of aliphatic hydroxyl groups excluding tert-OH is 3. The van der Waals surface area contributed by atoms with E-state index in [0.29, 0.717) is 13.0 Å². The lowest BCUT2D eigenvalue weighted by Gasteiger charge is -2.49. The van der Waals surface area contributed by atoms with Gasteiger partial charge in [0.05, 0.1) is 54.2 Å². The van der Waals surface area contributed by atoms with Crippen molar-refractivity contribution < 1.29 is 63.5 Å². The maximum Gasteiger partial charge on any atom is 0.311 e. The molecular formula is C40H69NO13. The number of hydrogen-bond acceptors (Lipinski definition) is 14. The van der Waals surface area contributed by atoms with E-state index in [1.165, 1.54) is 27.9 Å². The Bertz CT molecular complexity index is 1320. The van der Waals surface area contributed by atoms with Gasteiger partial charge in [-0.15, -0.1) is 5.92 Å². The third-order valence-corrected chi connectivity index (χ3v) is 12.2. The van der Waals surface area contributed by atoms with Crippen molar-refractivity contribution >= 4 is 11.8 Å². The van der Waals surface area contributed by atoms with Crippen molar-refractivity contribution in [3.05, 3.63) is 0 Å². The Balaban J connectivity index is 2.18. The summed E-state index contributed by atoms with van der Waals surface area (Å²) < 4.78 is 37.3. The van der Waals surface area contributed by atoms with Crippen LogP contribution in [0.4, 0.5) is 0 Å². The molecule has 0 unspecified atom stereocenters. The molecule has 54 heavy (non-hydrogen) atoms. The van der Waals surface area contributed by atoms with Gasteiger partial charge >= 0.3 is 5.97 Å². The molecule has 0 amide bonds. The lowest BCUT2D eigenvalue weighted by Crippen LogP contribution is -2.61. The van der Waals surface area contributed by atoms with Crippen LogP contribution < -0.4 is 0 Å². The molecule has 0 radical (unpaired) electrons. The molecule has 3 fully saturated rings. The monoisotopic (exact) mass is 771 g/mol. The first-order chi connectivity index (χ1) is 25.0. The standard InChI is InChI=1S/C40H69NO13/c1-14-16-17-41(12)27-18-22(4)50-37(31(27)43)54-35-24(6)32(53-29-20-39(10,49-13)34(45)26(8)51-29)25(7)36(46)52-28(15-2)40(11,48)33(44)23(5)30(42)21(3)19-38(35,9)47/h21-29,31-35,37,43-45,47-48H,15,17-20H2,1-13H3/t21-,22-,23+,24+,25-,26+,27+,28-,29+,31-,32+,33-,34+,35-,37+,38-,39-,40-/m1/s1. The summed E-state index contributed by atoms with van der Waals surface area (Å²) in [5, 5.41) is 58.1. The topological polar surface area (TPSA) is 194 Å². The number of cyclic esters (lactones) is 1. The molecule has 312 valence electrons. The normalized spacial score (nSPS) is 47.4. The van der Waals surface area contributed by atoms with E-state index in [9.17, 15) is 35.1 Å². The van der Waals surface area contributed by atoms with Gasteiger partial charge in [-0.25, -0.2) is 0 Å². The Morgan fingerprint density at radius 3 is 2.13 bits per heavy atom. The minimum absolute atomic E-state index is 0.0838. The zero-order chi connectivity index (χ0) is 41.1. The van der Waals surface area contributed by atoms with E-state index >= 15 is 0 Å². The molecule has 0 aromatic heterocycles. The second kappa shape index (κ2) is 18.7. The van der Waals surface area contributed by atoms with Crippen LogP contribution in [-0.4, -0.2) is 147 Å². The van der Waals surface area contributed by atoms with E-state index in [-0.39, 0.29) is 25.4 Å². The van der Waals surface area contributed by atoms with E-state index in [1.54, 1.807) is 48.5 Å². The highest BCUT2D eigenvalue weighted by molar-refractivity contribution is 5.83. The number of hydrogen-bond donors (Lipinski definition) is 5. The molecule has 0 spiro atoms. The first-order valence-corrected chi connectivity index (χ1v) is 19.5. The maximum atomic E-state index is 14.1. The van der Waals surface area contributed by atoms with Gasteiger partial charge < -0.3 is 54.0 Å². The molecule has 0 aromatic rings. The van der Waals surface area contributed by atoms with Crippen LogP contribution in [0.1, 0.15) is 102 Å². The van der Waals surface area contributed by atoms with Crippen LogP contribution in [0.15, 0.2) is 0 Å². The second-order valence-corrected chi connectivity index (χ2v) is 16.9. The number of ketones is 1. The van der Waals surface area contributed by atoms with Crippen LogP contribution in [0.2, 0.25) is 0 Å². The first-order valence-electron chi connectivity index (χ1n) is 19.5. The van der Waals surface area contributed by atoms with Crippen molar-refractivity contribution in [3.63, 3.8) is 0 Å². The van der Waals surface area contributed by atoms with Gasteiger partial charge in [-0.05, 0) is 74.8 Å². The molecule has 3 saturated heterocycles. The highest BCUT2D eigenvalue weighted by atomic mass is 16.7.